The molecule has 2 aromatic rings. The number of halogens is 3. The number of rotatable bonds is 4. The van der Waals surface area contributed by atoms with Gasteiger partial charge in [-0.3, -0.25) is 9.67 Å². The quantitative estimate of drug-likeness (QED) is 0.401. The molecule has 2 rings (SSSR count). The molecule has 0 aliphatic heterocycles. The summed E-state index contributed by atoms with van der Waals surface area (Å²) in [5.41, 5.74) is 0.580. The van der Waals surface area contributed by atoms with E-state index in [1.54, 1.807) is 17.8 Å². The first-order chi connectivity index (χ1) is 10.5. The third-order valence-electron chi connectivity index (χ3n) is 3.21. The number of nitrogens with zero attached hydrogens (tertiary/aromatic N) is 5. The van der Waals surface area contributed by atoms with Crippen LogP contribution in [0, 0.1) is 5.82 Å². The molecule has 1 aromatic carbocycles. The molecule has 126 valence electrons. The van der Waals surface area contributed by atoms with Crippen LogP contribution in [0.2, 0.25) is 0 Å². The van der Waals surface area contributed by atoms with E-state index in [1.165, 1.54) is 12.4 Å². The molecule has 0 atom stereocenters. The number of hydrogen-bond acceptors (Lipinski definition) is 3. The number of guanidine groups is 1. The van der Waals surface area contributed by atoms with Crippen molar-refractivity contribution in [1.82, 2.24) is 25.0 Å². The fourth-order valence-corrected chi connectivity index (χ4v) is 2.31. The van der Waals surface area contributed by atoms with Gasteiger partial charge >= 0.3 is 0 Å². The van der Waals surface area contributed by atoms with Gasteiger partial charge in [0.05, 0.1) is 6.54 Å². The summed E-state index contributed by atoms with van der Waals surface area (Å²) in [6.07, 6.45) is 1.51. The van der Waals surface area contributed by atoms with E-state index in [9.17, 15) is 4.39 Å². The first-order valence-electron chi connectivity index (χ1n) is 6.70. The van der Waals surface area contributed by atoms with Crippen molar-refractivity contribution in [2.75, 3.05) is 14.1 Å². The van der Waals surface area contributed by atoms with Gasteiger partial charge in [-0.15, -0.1) is 24.0 Å². The molecule has 0 saturated carbocycles. The lowest BCUT2D eigenvalue weighted by Crippen LogP contribution is -2.38. The Morgan fingerprint density at radius 1 is 1.48 bits per heavy atom. The Kier molecular flexibility index (Phi) is 7.89. The Bertz CT molecular complexity index is 675. The number of aryl methyl sites for hydroxylation is 1. The van der Waals surface area contributed by atoms with Gasteiger partial charge in [-0.2, -0.15) is 5.10 Å². The van der Waals surface area contributed by atoms with E-state index in [2.05, 4.69) is 36.3 Å². The summed E-state index contributed by atoms with van der Waals surface area (Å²) in [7, 11) is 5.42. The van der Waals surface area contributed by atoms with Crippen LogP contribution in [0.15, 0.2) is 34.0 Å². The van der Waals surface area contributed by atoms with Crippen LogP contribution in [0.1, 0.15) is 11.4 Å². The smallest absolute Gasteiger partial charge is 0.194 e. The molecular weight excluding hydrogens is 478 g/mol. The highest BCUT2D eigenvalue weighted by molar-refractivity contribution is 14.0. The van der Waals surface area contributed by atoms with E-state index in [-0.39, 0.29) is 29.8 Å². The summed E-state index contributed by atoms with van der Waals surface area (Å²) in [5, 5.41) is 7.17. The van der Waals surface area contributed by atoms with E-state index in [1.807, 2.05) is 25.1 Å². The minimum atomic E-state index is -0.256. The third-order valence-corrected chi connectivity index (χ3v) is 3.70. The van der Waals surface area contributed by atoms with Crippen LogP contribution in [0.25, 0.3) is 0 Å². The maximum atomic E-state index is 13.8. The molecule has 0 fully saturated rings. The van der Waals surface area contributed by atoms with Crippen molar-refractivity contribution in [3.63, 3.8) is 0 Å². The normalized spacial score (nSPS) is 11.1. The highest BCUT2D eigenvalue weighted by Crippen LogP contribution is 2.15. The zero-order chi connectivity index (χ0) is 16.1. The fraction of sp³-hybridized carbons (Fsp3) is 0.357. The first kappa shape index (κ1) is 19.8. The monoisotopic (exact) mass is 496 g/mol. The van der Waals surface area contributed by atoms with Gasteiger partial charge in [0.1, 0.15) is 18.0 Å². The van der Waals surface area contributed by atoms with E-state index in [0.717, 1.165) is 10.3 Å². The summed E-state index contributed by atoms with van der Waals surface area (Å²) in [6, 6.07) is 5.00. The van der Waals surface area contributed by atoms with Gasteiger partial charge in [0.2, 0.25) is 0 Å². The van der Waals surface area contributed by atoms with Crippen LogP contribution in [0.3, 0.4) is 0 Å². The van der Waals surface area contributed by atoms with Crippen LogP contribution < -0.4 is 5.32 Å². The standard InChI is InChI=1S/C14H18BrFN6.HI/c1-17-14(21(2)8-13-19-9-20-22(13)3)18-7-10-4-5-11(15)6-12(10)16;/h4-6,9H,7-8H2,1-3H3,(H,17,18);1H. The lowest BCUT2D eigenvalue weighted by Gasteiger charge is -2.21. The highest BCUT2D eigenvalue weighted by atomic mass is 127. The second-order valence-electron chi connectivity index (χ2n) is 4.79. The van der Waals surface area contributed by atoms with Gasteiger partial charge in [0, 0.05) is 37.7 Å². The zero-order valence-electron chi connectivity index (χ0n) is 13.1. The summed E-state index contributed by atoms with van der Waals surface area (Å²) in [4.78, 5) is 10.3. The van der Waals surface area contributed by atoms with Crippen molar-refractivity contribution in [2.45, 2.75) is 13.1 Å². The minimum Gasteiger partial charge on any atom is -0.352 e. The number of aromatic nitrogens is 3. The van der Waals surface area contributed by atoms with E-state index >= 15 is 0 Å². The molecule has 1 N–H and O–H groups in total. The number of nitrogens with one attached hydrogen (secondary N) is 1. The van der Waals surface area contributed by atoms with Crippen LogP contribution >= 0.6 is 39.9 Å². The van der Waals surface area contributed by atoms with Crippen molar-refractivity contribution in [3.8, 4) is 0 Å². The molecule has 1 aromatic heterocycles. The maximum Gasteiger partial charge on any atom is 0.194 e. The van der Waals surface area contributed by atoms with Crippen molar-refractivity contribution >= 4 is 45.9 Å². The van der Waals surface area contributed by atoms with E-state index < -0.39 is 0 Å². The Labute approximate surface area is 160 Å². The van der Waals surface area contributed by atoms with Gasteiger partial charge < -0.3 is 10.2 Å². The molecule has 1 heterocycles. The molecule has 9 heteroatoms. The molecule has 0 unspecified atom stereocenters. The van der Waals surface area contributed by atoms with Gasteiger partial charge in [0.15, 0.2) is 5.96 Å². The average molecular weight is 497 g/mol. The zero-order valence-corrected chi connectivity index (χ0v) is 17.0. The largest absolute Gasteiger partial charge is 0.352 e. The van der Waals surface area contributed by atoms with Crippen molar-refractivity contribution in [1.29, 1.82) is 0 Å². The predicted molar refractivity (Wildman–Crippen MR) is 102 cm³/mol. The number of aliphatic imine (C=N–C) groups is 1. The number of benzene rings is 1. The molecule has 0 bridgehead atoms. The first-order valence-corrected chi connectivity index (χ1v) is 7.49. The molecule has 0 radical (unpaired) electrons. The predicted octanol–water partition coefficient (Wildman–Crippen LogP) is 2.54. The summed E-state index contributed by atoms with van der Waals surface area (Å²) >= 11 is 3.25. The summed E-state index contributed by atoms with van der Waals surface area (Å²) in [5.74, 6) is 1.22. The van der Waals surface area contributed by atoms with Crippen molar-refractivity contribution in [3.05, 3.63) is 46.2 Å². The van der Waals surface area contributed by atoms with Gasteiger partial charge in [-0.25, -0.2) is 9.37 Å². The lowest BCUT2D eigenvalue weighted by molar-refractivity contribution is 0.447. The molecular formula is C14H19BrFIN6. The molecule has 0 spiro atoms. The van der Waals surface area contributed by atoms with Crippen LogP contribution in [-0.2, 0) is 20.1 Å². The maximum absolute atomic E-state index is 13.8. The molecule has 6 nitrogen and oxygen atoms in total. The summed E-state index contributed by atoms with van der Waals surface area (Å²) < 4.78 is 16.2. The van der Waals surface area contributed by atoms with Crippen LogP contribution in [0.5, 0.6) is 0 Å². The van der Waals surface area contributed by atoms with E-state index in [0.29, 0.717) is 24.6 Å². The Morgan fingerprint density at radius 3 is 2.78 bits per heavy atom. The molecule has 0 saturated heterocycles. The Morgan fingerprint density at radius 2 is 2.22 bits per heavy atom. The minimum absolute atomic E-state index is 0. The summed E-state index contributed by atoms with van der Waals surface area (Å²) in [6.45, 7) is 0.911. The lowest BCUT2D eigenvalue weighted by atomic mass is 10.2. The van der Waals surface area contributed by atoms with E-state index in [4.69, 9.17) is 0 Å². The SMILES string of the molecule is CN=C(NCc1ccc(Br)cc1F)N(C)Cc1ncnn1C.I. The molecule has 0 aliphatic carbocycles. The third kappa shape index (κ3) is 5.41. The second kappa shape index (κ2) is 9.16. The Balaban J connectivity index is 0.00000264. The van der Waals surface area contributed by atoms with Crippen LogP contribution in [0.4, 0.5) is 4.39 Å². The Hall–Kier alpha value is -1.23. The van der Waals surface area contributed by atoms with Crippen molar-refractivity contribution in [2.24, 2.45) is 12.0 Å². The fourth-order valence-electron chi connectivity index (χ4n) is 1.97. The average Bonchev–Trinajstić information content (AvgIpc) is 2.87. The molecule has 0 aliphatic rings. The van der Waals surface area contributed by atoms with Gasteiger partial charge in [0.25, 0.3) is 0 Å². The molecule has 0 amide bonds. The molecule has 23 heavy (non-hydrogen) atoms. The second-order valence-corrected chi connectivity index (χ2v) is 5.71. The van der Waals surface area contributed by atoms with Gasteiger partial charge in [-0.1, -0.05) is 22.0 Å². The van der Waals surface area contributed by atoms with Crippen LogP contribution in [-0.4, -0.2) is 39.7 Å². The highest BCUT2D eigenvalue weighted by Gasteiger charge is 2.11. The topological polar surface area (TPSA) is 58.3 Å². The van der Waals surface area contributed by atoms with Crippen molar-refractivity contribution < 1.29 is 4.39 Å². The van der Waals surface area contributed by atoms with Gasteiger partial charge in [-0.05, 0) is 12.1 Å². The number of hydrogen-bond donors (Lipinski definition) is 1.